The van der Waals surface area contributed by atoms with E-state index in [1.165, 1.54) is 16.7 Å². The molecule has 76 valence electrons. The Kier molecular flexibility index (Phi) is 1.65. The van der Waals surface area contributed by atoms with E-state index in [1.54, 1.807) is 0 Å². The molecule has 2 heterocycles. The first-order valence-corrected chi connectivity index (χ1v) is 5.15. The van der Waals surface area contributed by atoms with Crippen LogP contribution in [0.25, 0.3) is 11.4 Å². The summed E-state index contributed by atoms with van der Waals surface area (Å²) in [7, 11) is 0. The standard InChI is InChI=1S/C11H12N4/c1-7(2)8-3-4-10-9(5-8)6-15-11(10)12-13-14-15/h3-5,7H,6H2,1-2H3. The molecule has 0 amide bonds. The van der Waals surface area contributed by atoms with Crippen LogP contribution in [0.5, 0.6) is 0 Å². The topological polar surface area (TPSA) is 43.6 Å². The summed E-state index contributed by atoms with van der Waals surface area (Å²) in [5.74, 6) is 1.45. The molecular weight excluding hydrogens is 188 g/mol. The lowest BCUT2D eigenvalue weighted by molar-refractivity contribution is 0.669. The van der Waals surface area contributed by atoms with Crippen molar-refractivity contribution < 1.29 is 0 Å². The van der Waals surface area contributed by atoms with Crippen LogP contribution in [-0.4, -0.2) is 20.2 Å². The molecule has 2 aromatic rings. The summed E-state index contributed by atoms with van der Waals surface area (Å²) in [6, 6.07) is 6.53. The quantitative estimate of drug-likeness (QED) is 0.602. The van der Waals surface area contributed by atoms with E-state index in [2.05, 4.69) is 47.6 Å². The molecule has 0 aliphatic carbocycles. The summed E-state index contributed by atoms with van der Waals surface area (Å²) in [5.41, 5.74) is 3.84. The van der Waals surface area contributed by atoms with Crippen LogP contribution in [0.4, 0.5) is 0 Å². The second-order valence-electron chi connectivity index (χ2n) is 4.23. The van der Waals surface area contributed by atoms with Crippen molar-refractivity contribution in [3.05, 3.63) is 29.3 Å². The number of tetrazole rings is 1. The highest BCUT2D eigenvalue weighted by Gasteiger charge is 2.21. The maximum atomic E-state index is 4.01. The van der Waals surface area contributed by atoms with Crippen molar-refractivity contribution in [3.63, 3.8) is 0 Å². The third-order valence-electron chi connectivity index (χ3n) is 2.89. The van der Waals surface area contributed by atoms with E-state index in [4.69, 9.17) is 0 Å². The zero-order chi connectivity index (χ0) is 10.4. The first kappa shape index (κ1) is 8.59. The molecule has 3 rings (SSSR count). The molecular formula is C11H12N4. The van der Waals surface area contributed by atoms with E-state index in [1.807, 2.05) is 4.68 Å². The fourth-order valence-electron chi connectivity index (χ4n) is 1.99. The first-order chi connectivity index (χ1) is 7.25. The molecule has 1 aliphatic heterocycles. The van der Waals surface area contributed by atoms with Gasteiger partial charge in [0.25, 0.3) is 0 Å². The SMILES string of the molecule is CC(C)c1ccc2c(c1)Cn1nnnc1-2. The monoisotopic (exact) mass is 200 g/mol. The molecule has 0 fully saturated rings. The van der Waals surface area contributed by atoms with Gasteiger partial charge >= 0.3 is 0 Å². The molecule has 0 radical (unpaired) electrons. The van der Waals surface area contributed by atoms with E-state index in [9.17, 15) is 0 Å². The van der Waals surface area contributed by atoms with Gasteiger partial charge in [0.05, 0.1) is 6.54 Å². The number of benzene rings is 1. The minimum atomic E-state index is 0.564. The smallest absolute Gasteiger partial charge is 0.182 e. The number of fused-ring (bicyclic) bond motifs is 3. The normalized spacial score (nSPS) is 13.0. The van der Waals surface area contributed by atoms with Gasteiger partial charge in [-0.25, -0.2) is 4.68 Å². The van der Waals surface area contributed by atoms with Gasteiger partial charge in [0.15, 0.2) is 5.82 Å². The lowest BCUT2D eigenvalue weighted by Crippen LogP contribution is -1.96. The van der Waals surface area contributed by atoms with Crippen molar-refractivity contribution in [2.75, 3.05) is 0 Å². The molecule has 4 heteroatoms. The predicted molar refractivity (Wildman–Crippen MR) is 56.4 cm³/mol. The Balaban J connectivity index is 2.13. The van der Waals surface area contributed by atoms with Crippen molar-refractivity contribution in [3.8, 4) is 11.4 Å². The van der Waals surface area contributed by atoms with Gasteiger partial charge in [0.1, 0.15) is 0 Å². The summed E-state index contributed by atoms with van der Waals surface area (Å²) in [6.07, 6.45) is 0. The molecule has 0 spiro atoms. The highest BCUT2D eigenvalue weighted by Crippen LogP contribution is 2.30. The van der Waals surface area contributed by atoms with Crippen LogP contribution in [0.3, 0.4) is 0 Å². The summed E-state index contributed by atoms with van der Waals surface area (Å²) in [5, 5.41) is 11.6. The zero-order valence-electron chi connectivity index (χ0n) is 8.81. The van der Waals surface area contributed by atoms with E-state index < -0.39 is 0 Å². The van der Waals surface area contributed by atoms with Gasteiger partial charge in [0.2, 0.25) is 0 Å². The highest BCUT2D eigenvalue weighted by molar-refractivity contribution is 5.64. The van der Waals surface area contributed by atoms with Crippen molar-refractivity contribution in [1.29, 1.82) is 0 Å². The minimum absolute atomic E-state index is 0.564. The predicted octanol–water partition coefficient (Wildman–Crippen LogP) is 1.83. The molecule has 1 aliphatic rings. The fraction of sp³-hybridized carbons (Fsp3) is 0.364. The van der Waals surface area contributed by atoms with Crippen molar-refractivity contribution in [1.82, 2.24) is 20.2 Å². The molecule has 0 atom stereocenters. The van der Waals surface area contributed by atoms with Gasteiger partial charge in [0, 0.05) is 5.56 Å². The lowest BCUT2D eigenvalue weighted by Gasteiger charge is -2.06. The van der Waals surface area contributed by atoms with Crippen LogP contribution < -0.4 is 0 Å². The Labute approximate surface area is 87.9 Å². The molecule has 1 aromatic carbocycles. The van der Waals surface area contributed by atoms with Gasteiger partial charge in [-0.1, -0.05) is 32.0 Å². The van der Waals surface area contributed by atoms with Crippen LogP contribution in [-0.2, 0) is 6.54 Å². The second-order valence-corrected chi connectivity index (χ2v) is 4.23. The lowest BCUT2D eigenvalue weighted by atomic mass is 9.98. The van der Waals surface area contributed by atoms with Crippen LogP contribution in [0.2, 0.25) is 0 Å². The number of nitrogens with zero attached hydrogens (tertiary/aromatic N) is 4. The van der Waals surface area contributed by atoms with Crippen LogP contribution >= 0.6 is 0 Å². The first-order valence-electron chi connectivity index (χ1n) is 5.15. The average molecular weight is 200 g/mol. The number of hydrogen-bond donors (Lipinski definition) is 0. The average Bonchev–Trinajstić information content (AvgIpc) is 2.75. The molecule has 4 nitrogen and oxygen atoms in total. The maximum absolute atomic E-state index is 4.01. The zero-order valence-corrected chi connectivity index (χ0v) is 8.81. The summed E-state index contributed by atoms with van der Waals surface area (Å²) in [6.45, 7) is 5.21. The fourth-order valence-corrected chi connectivity index (χ4v) is 1.99. The molecule has 0 saturated heterocycles. The van der Waals surface area contributed by atoms with Crippen molar-refractivity contribution in [2.24, 2.45) is 0 Å². The van der Waals surface area contributed by atoms with Gasteiger partial charge in [-0.2, -0.15) is 0 Å². The Morgan fingerprint density at radius 2 is 2.20 bits per heavy atom. The minimum Gasteiger partial charge on any atom is -0.221 e. The Hall–Kier alpha value is -1.71. The number of hydrogen-bond acceptors (Lipinski definition) is 3. The van der Waals surface area contributed by atoms with Crippen molar-refractivity contribution in [2.45, 2.75) is 26.3 Å². The van der Waals surface area contributed by atoms with Gasteiger partial charge in [-0.15, -0.1) is 5.10 Å². The van der Waals surface area contributed by atoms with Gasteiger partial charge < -0.3 is 0 Å². The van der Waals surface area contributed by atoms with E-state index in [-0.39, 0.29) is 0 Å². The molecule has 0 bridgehead atoms. The van der Waals surface area contributed by atoms with Crippen LogP contribution in [0.15, 0.2) is 18.2 Å². The third-order valence-corrected chi connectivity index (χ3v) is 2.89. The number of aromatic nitrogens is 4. The summed E-state index contributed by atoms with van der Waals surface area (Å²) < 4.78 is 1.84. The van der Waals surface area contributed by atoms with Crippen LogP contribution in [0, 0.1) is 0 Å². The molecule has 15 heavy (non-hydrogen) atoms. The molecule has 1 aromatic heterocycles. The Morgan fingerprint density at radius 3 is 3.00 bits per heavy atom. The van der Waals surface area contributed by atoms with Gasteiger partial charge in [-0.3, -0.25) is 0 Å². The van der Waals surface area contributed by atoms with Crippen molar-refractivity contribution >= 4 is 0 Å². The van der Waals surface area contributed by atoms with Crippen LogP contribution in [0.1, 0.15) is 30.9 Å². The number of rotatable bonds is 1. The van der Waals surface area contributed by atoms with Gasteiger partial charge in [-0.05, 0) is 27.5 Å². The molecule has 0 N–H and O–H groups in total. The summed E-state index contributed by atoms with van der Waals surface area (Å²) in [4.78, 5) is 0. The Morgan fingerprint density at radius 1 is 1.33 bits per heavy atom. The molecule has 0 saturated carbocycles. The van der Waals surface area contributed by atoms with E-state index >= 15 is 0 Å². The van der Waals surface area contributed by atoms with E-state index in [0.717, 1.165) is 12.4 Å². The second kappa shape index (κ2) is 2.89. The Bertz CT molecular complexity index is 513. The highest BCUT2D eigenvalue weighted by atomic mass is 15.5. The largest absolute Gasteiger partial charge is 0.221 e. The molecule has 0 unspecified atom stereocenters. The third kappa shape index (κ3) is 1.17. The summed E-state index contributed by atoms with van der Waals surface area (Å²) >= 11 is 0. The van der Waals surface area contributed by atoms with E-state index in [0.29, 0.717) is 5.92 Å². The maximum Gasteiger partial charge on any atom is 0.182 e.